The number of phenolic OH excluding ortho intramolecular Hbond substituents is 1. The maximum atomic E-state index is 12.6. The molecule has 1 unspecified atom stereocenters. The van der Waals surface area contributed by atoms with Gasteiger partial charge in [0.05, 0.1) is 17.5 Å². The second-order valence-electron chi connectivity index (χ2n) is 7.33. The van der Waals surface area contributed by atoms with Crippen LogP contribution in [0.5, 0.6) is 17.2 Å². The first-order valence-electron chi connectivity index (χ1n) is 10.2. The highest BCUT2D eigenvalue weighted by Crippen LogP contribution is 2.29. The van der Waals surface area contributed by atoms with E-state index in [9.17, 15) is 9.90 Å². The molecule has 7 heteroatoms. The summed E-state index contributed by atoms with van der Waals surface area (Å²) in [5, 5.41) is 17.2. The van der Waals surface area contributed by atoms with Crippen molar-refractivity contribution in [1.82, 2.24) is 20.1 Å². The second kappa shape index (κ2) is 9.91. The highest BCUT2D eigenvalue weighted by Gasteiger charge is 2.15. The lowest BCUT2D eigenvalue weighted by Gasteiger charge is -2.15. The maximum absolute atomic E-state index is 12.6. The summed E-state index contributed by atoms with van der Waals surface area (Å²) in [6.45, 7) is 4.84. The summed E-state index contributed by atoms with van der Waals surface area (Å²) in [5.41, 5.74) is 1.81. The average molecular weight is 409 g/mol. The molecule has 2 N–H and O–H groups in total. The number of aromatic hydroxyl groups is 1. The van der Waals surface area contributed by atoms with E-state index in [0.29, 0.717) is 24.0 Å². The van der Waals surface area contributed by atoms with E-state index in [1.807, 2.05) is 13.2 Å². The van der Waals surface area contributed by atoms with Crippen molar-refractivity contribution in [3.8, 4) is 28.5 Å². The largest absolute Gasteiger partial charge is 0.507 e. The van der Waals surface area contributed by atoms with Crippen LogP contribution in [0.1, 0.15) is 43.5 Å². The molecule has 0 aliphatic rings. The third-order valence-electron chi connectivity index (χ3n) is 5.01. The van der Waals surface area contributed by atoms with Crippen LogP contribution in [0.4, 0.5) is 0 Å². The Bertz CT molecular complexity index is 1000. The van der Waals surface area contributed by atoms with Crippen LogP contribution in [0, 0.1) is 5.92 Å². The van der Waals surface area contributed by atoms with E-state index in [4.69, 9.17) is 4.74 Å². The van der Waals surface area contributed by atoms with Gasteiger partial charge in [-0.25, -0.2) is 0 Å². The Labute approximate surface area is 176 Å². The summed E-state index contributed by atoms with van der Waals surface area (Å²) < 4.78 is 7.63. The third kappa shape index (κ3) is 5.37. The molecule has 0 spiro atoms. The molecule has 0 radical (unpaired) electrons. The fourth-order valence-electron chi connectivity index (χ4n) is 3.27. The lowest BCUT2D eigenvalue weighted by Crippen LogP contribution is -2.29. The minimum atomic E-state index is -0.307. The number of aryl methyl sites for hydroxylation is 1. The average Bonchev–Trinajstić information content (AvgIpc) is 3.19. The number of hydrogen-bond acceptors (Lipinski definition) is 5. The smallest absolute Gasteiger partial charge is 0.255 e. The van der Waals surface area contributed by atoms with Gasteiger partial charge < -0.3 is 15.2 Å². The van der Waals surface area contributed by atoms with Crippen LogP contribution in [0.15, 0.2) is 48.9 Å². The van der Waals surface area contributed by atoms with Crippen molar-refractivity contribution in [2.24, 2.45) is 13.0 Å². The van der Waals surface area contributed by atoms with Gasteiger partial charge in [-0.2, -0.15) is 5.10 Å². The highest BCUT2D eigenvalue weighted by molar-refractivity contribution is 5.97. The zero-order valence-electron chi connectivity index (χ0n) is 17.6. The van der Waals surface area contributed by atoms with Crippen LogP contribution >= 0.6 is 0 Å². The number of pyridine rings is 1. The van der Waals surface area contributed by atoms with E-state index < -0.39 is 0 Å². The maximum Gasteiger partial charge on any atom is 0.255 e. The molecule has 2 aromatic heterocycles. The lowest BCUT2D eigenvalue weighted by molar-refractivity contribution is 0.0943. The molecule has 3 rings (SSSR count). The zero-order chi connectivity index (χ0) is 21.5. The Morgan fingerprint density at radius 2 is 2.03 bits per heavy atom. The van der Waals surface area contributed by atoms with Crippen LogP contribution in [0.25, 0.3) is 11.3 Å². The molecule has 7 nitrogen and oxygen atoms in total. The van der Waals surface area contributed by atoms with Gasteiger partial charge in [-0.1, -0.05) is 26.7 Å². The molecule has 0 saturated heterocycles. The number of benzene rings is 1. The predicted molar refractivity (Wildman–Crippen MR) is 116 cm³/mol. The molecule has 0 bridgehead atoms. The minimum Gasteiger partial charge on any atom is -0.507 e. The number of nitrogens with one attached hydrogen (secondary N) is 1. The first-order valence-corrected chi connectivity index (χ1v) is 10.2. The van der Waals surface area contributed by atoms with E-state index >= 15 is 0 Å². The summed E-state index contributed by atoms with van der Waals surface area (Å²) >= 11 is 0. The molecule has 1 atom stereocenters. The Morgan fingerprint density at radius 3 is 2.73 bits per heavy atom. The minimum absolute atomic E-state index is 0.0748. The van der Waals surface area contributed by atoms with Gasteiger partial charge in [-0.05, 0) is 36.6 Å². The number of amides is 1. The summed E-state index contributed by atoms with van der Waals surface area (Å²) in [6.07, 6.45) is 8.41. The SMILES string of the molecule is CCCC(CC)CNC(=O)c1cc(Oc2ccnc(-c3cnn(C)c3)c2)ccc1O. The van der Waals surface area contributed by atoms with Gasteiger partial charge in [0.2, 0.25) is 0 Å². The van der Waals surface area contributed by atoms with Crippen molar-refractivity contribution in [2.45, 2.75) is 33.1 Å². The van der Waals surface area contributed by atoms with Crippen LogP contribution in [-0.2, 0) is 7.05 Å². The number of aromatic nitrogens is 3. The molecular formula is C23H28N4O3. The summed E-state index contributed by atoms with van der Waals surface area (Å²) in [4.78, 5) is 16.9. The van der Waals surface area contributed by atoms with Gasteiger partial charge in [0.25, 0.3) is 5.91 Å². The molecule has 3 aromatic rings. The van der Waals surface area contributed by atoms with Crippen molar-refractivity contribution in [2.75, 3.05) is 6.54 Å². The summed E-state index contributed by atoms with van der Waals surface area (Å²) in [7, 11) is 1.85. The van der Waals surface area contributed by atoms with Crippen LogP contribution in [-0.4, -0.2) is 32.3 Å². The predicted octanol–water partition coefficient (Wildman–Crippen LogP) is 4.54. The van der Waals surface area contributed by atoms with Crippen LogP contribution < -0.4 is 10.1 Å². The van der Waals surface area contributed by atoms with Crippen LogP contribution in [0.3, 0.4) is 0 Å². The molecule has 0 fully saturated rings. The number of hydrogen-bond donors (Lipinski definition) is 2. The Kier molecular flexibility index (Phi) is 7.06. The molecule has 0 saturated carbocycles. The van der Waals surface area contributed by atoms with E-state index in [0.717, 1.165) is 30.5 Å². The normalized spacial score (nSPS) is 11.8. The van der Waals surface area contributed by atoms with Gasteiger partial charge >= 0.3 is 0 Å². The zero-order valence-corrected chi connectivity index (χ0v) is 17.6. The van der Waals surface area contributed by atoms with Crippen molar-refractivity contribution in [3.05, 3.63) is 54.5 Å². The number of ether oxygens (including phenoxy) is 1. The van der Waals surface area contributed by atoms with Gasteiger partial charge in [0.1, 0.15) is 17.2 Å². The molecule has 30 heavy (non-hydrogen) atoms. The second-order valence-corrected chi connectivity index (χ2v) is 7.33. The fourth-order valence-corrected chi connectivity index (χ4v) is 3.27. The molecule has 0 aliphatic heterocycles. The molecular weight excluding hydrogens is 380 g/mol. The topological polar surface area (TPSA) is 89.3 Å². The monoisotopic (exact) mass is 408 g/mol. The number of carbonyl (C=O) groups is 1. The van der Waals surface area contributed by atoms with Crippen LogP contribution in [0.2, 0.25) is 0 Å². The summed E-state index contributed by atoms with van der Waals surface area (Å²) in [6, 6.07) is 8.19. The molecule has 0 aliphatic carbocycles. The van der Waals surface area contributed by atoms with Gasteiger partial charge in [-0.3, -0.25) is 14.5 Å². The van der Waals surface area contributed by atoms with E-state index in [1.165, 1.54) is 6.07 Å². The Hall–Kier alpha value is -3.35. The number of rotatable bonds is 9. The first-order chi connectivity index (χ1) is 14.5. The molecule has 158 valence electrons. The third-order valence-corrected chi connectivity index (χ3v) is 5.01. The van der Waals surface area contributed by atoms with Crippen molar-refractivity contribution in [1.29, 1.82) is 0 Å². The Morgan fingerprint density at radius 1 is 1.23 bits per heavy atom. The number of phenols is 1. The summed E-state index contributed by atoms with van der Waals surface area (Å²) in [5.74, 6) is 1.09. The van der Waals surface area contributed by atoms with Crippen molar-refractivity contribution in [3.63, 3.8) is 0 Å². The van der Waals surface area contributed by atoms with Gasteiger partial charge in [0, 0.05) is 37.6 Å². The van der Waals surface area contributed by atoms with E-state index in [2.05, 4.69) is 29.2 Å². The van der Waals surface area contributed by atoms with E-state index in [-0.39, 0.29) is 17.2 Å². The van der Waals surface area contributed by atoms with Gasteiger partial charge in [-0.15, -0.1) is 0 Å². The fraction of sp³-hybridized carbons (Fsp3) is 0.348. The number of nitrogens with zero attached hydrogens (tertiary/aromatic N) is 3. The Balaban J connectivity index is 1.73. The van der Waals surface area contributed by atoms with Crippen molar-refractivity contribution < 1.29 is 14.6 Å². The number of carbonyl (C=O) groups excluding carboxylic acids is 1. The van der Waals surface area contributed by atoms with Gasteiger partial charge in [0.15, 0.2) is 0 Å². The molecule has 2 heterocycles. The first kappa shape index (κ1) is 21.4. The standard InChI is InChI=1S/C23H28N4O3/c1-4-6-16(5-2)13-25-23(29)20-11-18(7-8-22(20)28)30-19-9-10-24-21(12-19)17-14-26-27(3)15-17/h7-12,14-16,28H,4-6,13H2,1-3H3,(H,25,29). The molecule has 1 amide bonds. The molecule has 1 aromatic carbocycles. The lowest BCUT2D eigenvalue weighted by atomic mass is 10.0. The van der Waals surface area contributed by atoms with Crippen molar-refractivity contribution >= 4 is 5.91 Å². The van der Waals surface area contributed by atoms with E-state index in [1.54, 1.807) is 41.3 Å². The quantitative estimate of drug-likeness (QED) is 0.543. The highest BCUT2D eigenvalue weighted by atomic mass is 16.5.